The number of methoxy groups -OCH3 is 1. The predicted octanol–water partition coefficient (Wildman–Crippen LogP) is 2.35. The molecule has 0 bridgehead atoms. The SMILES string of the molecule is COc1ccc(Cl)cc1N1CCC(NC(=O)c2ccon2)C1. The Balaban J connectivity index is 1.67. The molecule has 1 aromatic heterocycles. The third-order valence-corrected chi connectivity index (χ3v) is 3.91. The largest absolute Gasteiger partial charge is 0.495 e. The van der Waals surface area contributed by atoms with Crippen LogP contribution in [0.5, 0.6) is 5.75 Å². The van der Waals surface area contributed by atoms with E-state index in [0.29, 0.717) is 17.3 Å². The van der Waals surface area contributed by atoms with Gasteiger partial charge in [-0.1, -0.05) is 16.8 Å². The molecule has 3 rings (SSSR count). The van der Waals surface area contributed by atoms with E-state index in [2.05, 4.69) is 19.9 Å². The van der Waals surface area contributed by atoms with E-state index in [1.54, 1.807) is 19.2 Å². The van der Waals surface area contributed by atoms with Crippen molar-refractivity contribution in [3.05, 3.63) is 41.2 Å². The second kappa shape index (κ2) is 6.27. The molecule has 1 aliphatic heterocycles. The zero-order valence-corrected chi connectivity index (χ0v) is 12.8. The first kappa shape index (κ1) is 14.7. The molecule has 116 valence electrons. The van der Waals surface area contributed by atoms with E-state index in [9.17, 15) is 4.79 Å². The van der Waals surface area contributed by atoms with Gasteiger partial charge in [-0.15, -0.1) is 0 Å². The van der Waals surface area contributed by atoms with Gasteiger partial charge in [-0.05, 0) is 24.6 Å². The van der Waals surface area contributed by atoms with Crippen LogP contribution in [0.1, 0.15) is 16.9 Å². The molecule has 7 heteroatoms. The molecule has 1 amide bonds. The Hall–Kier alpha value is -2.21. The topological polar surface area (TPSA) is 67.6 Å². The average molecular weight is 322 g/mol. The van der Waals surface area contributed by atoms with Gasteiger partial charge in [0.2, 0.25) is 0 Å². The standard InChI is InChI=1S/C15H16ClN3O3/c1-21-14-3-2-10(16)8-13(14)19-6-4-11(9-19)17-15(20)12-5-7-22-18-12/h2-3,5,7-8,11H,4,6,9H2,1H3,(H,17,20). The summed E-state index contributed by atoms with van der Waals surface area (Å²) in [6, 6.07) is 7.11. The Morgan fingerprint density at radius 2 is 2.36 bits per heavy atom. The molecule has 1 unspecified atom stereocenters. The average Bonchev–Trinajstić information content (AvgIpc) is 3.18. The maximum Gasteiger partial charge on any atom is 0.273 e. The highest BCUT2D eigenvalue weighted by Crippen LogP contribution is 2.33. The van der Waals surface area contributed by atoms with E-state index in [-0.39, 0.29) is 11.9 Å². The van der Waals surface area contributed by atoms with E-state index >= 15 is 0 Å². The fraction of sp³-hybridized carbons (Fsp3) is 0.333. The minimum atomic E-state index is -0.223. The lowest BCUT2D eigenvalue weighted by molar-refractivity contribution is 0.0931. The monoisotopic (exact) mass is 321 g/mol. The fourth-order valence-corrected chi connectivity index (χ4v) is 2.76. The lowest BCUT2D eigenvalue weighted by Gasteiger charge is -2.21. The summed E-state index contributed by atoms with van der Waals surface area (Å²) in [5.74, 6) is 0.548. The summed E-state index contributed by atoms with van der Waals surface area (Å²) in [6.45, 7) is 1.51. The Bertz CT molecular complexity index is 660. The van der Waals surface area contributed by atoms with Crippen LogP contribution in [0, 0.1) is 0 Å². The molecule has 2 aromatic rings. The van der Waals surface area contributed by atoms with Gasteiger partial charge in [0.05, 0.1) is 12.8 Å². The summed E-state index contributed by atoms with van der Waals surface area (Å²) in [7, 11) is 1.63. The first-order valence-corrected chi connectivity index (χ1v) is 7.35. The Kier molecular flexibility index (Phi) is 4.20. The zero-order chi connectivity index (χ0) is 15.5. The van der Waals surface area contributed by atoms with Crippen molar-refractivity contribution in [1.82, 2.24) is 10.5 Å². The van der Waals surface area contributed by atoms with Crippen molar-refractivity contribution in [2.45, 2.75) is 12.5 Å². The molecule has 1 aromatic carbocycles. The van der Waals surface area contributed by atoms with Crippen LogP contribution in [0.15, 0.2) is 35.1 Å². The van der Waals surface area contributed by atoms with Gasteiger partial charge in [-0.25, -0.2) is 0 Å². The molecule has 0 spiro atoms. The summed E-state index contributed by atoms with van der Waals surface area (Å²) in [5, 5.41) is 7.25. The second-order valence-corrected chi connectivity index (χ2v) is 5.54. The zero-order valence-electron chi connectivity index (χ0n) is 12.1. The van der Waals surface area contributed by atoms with Crippen molar-refractivity contribution in [2.75, 3.05) is 25.1 Å². The Labute approximate surface area is 133 Å². The molecule has 0 saturated carbocycles. The van der Waals surface area contributed by atoms with Crippen molar-refractivity contribution in [3.8, 4) is 5.75 Å². The number of hydrogen-bond acceptors (Lipinski definition) is 5. The van der Waals surface area contributed by atoms with Crippen molar-refractivity contribution in [3.63, 3.8) is 0 Å². The van der Waals surface area contributed by atoms with Crippen molar-refractivity contribution >= 4 is 23.2 Å². The van der Waals surface area contributed by atoms with Crippen LogP contribution in [0.3, 0.4) is 0 Å². The van der Waals surface area contributed by atoms with E-state index in [0.717, 1.165) is 24.4 Å². The van der Waals surface area contributed by atoms with Gasteiger partial charge < -0.3 is 19.5 Å². The molecule has 0 radical (unpaired) electrons. The number of anilines is 1. The molecular formula is C15H16ClN3O3. The molecule has 1 aliphatic rings. The Morgan fingerprint density at radius 3 is 3.09 bits per heavy atom. The smallest absolute Gasteiger partial charge is 0.273 e. The number of nitrogens with zero attached hydrogens (tertiary/aromatic N) is 2. The van der Waals surface area contributed by atoms with Gasteiger partial charge in [0.15, 0.2) is 5.69 Å². The second-order valence-electron chi connectivity index (χ2n) is 5.11. The first-order valence-electron chi connectivity index (χ1n) is 6.97. The van der Waals surface area contributed by atoms with E-state index in [1.165, 1.54) is 6.26 Å². The lowest BCUT2D eigenvalue weighted by atomic mass is 10.2. The van der Waals surface area contributed by atoms with E-state index < -0.39 is 0 Å². The summed E-state index contributed by atoms with van der Waals surface area (Å²) >= 11 is 6.07. The normalized spacial score (nSPS) is 17.5. The van der Waals surface area contributed by atoms with Crippen molar-refractivity contribution < 1.29 is 14.1 Å². The number of carbonyl (C=O) groups excluding carboxylic acids is 1. The van der Waals surface area contributed by atoms with E-state index in [4.69, 9.17) is 16.3 Å². The number of halogens is 1. The molecule has 6 nitrogen and oxygen atoms in total. The number of benzene rings is 1. The number of ether oxygens (including phenoxy) is 1. The third kappa shape index (κ3) is 3.01. The van der Waals surface area contributed by atoms with Crippen LogP contribution in [0.4, 0.5) is 5.69 Å². The minimum Gasteiger partial charge on any atom is -0.495 e. The van der Waals surface area contributed by atoms with Crippen LogP contribution < -0.4 is 15.0 Å². The molecule has 1 atom stereocenters. The predicted molar refractivity (Wildman–Crippen MR) is 82.6 cm³/mol. The number of nitrogens with one attached hydrogen (secondary N) is 1. The van der Waals surface area contributed by atoms with Gasteiger partial charge in [-0.2, -0.15) is 0 Å². The van der Waals surface area contributed by atoms with Crippen molar-refractivity contribution in [1.29, 1.82) is 0 Å². The summed E-state index contributed by atoms with van der Waals surface area (Å²) < 4.78 is 10.1. The fourth-order valence-electron chi connectivity index (χ4n) is 2.60. The molecule has 0 aliphatic carbocycles. The van der Waals surface area contributed by atoms with Gasteiger partial charge in [0, 0.05) is 30.2 Å². The van der Waals surface area contributed by atoms with Crippen LogP contribution in [-0.2, 0) is 0 Å². The molecule has 1 saturated heterocycles. The number of hydrogen-bond donors (Lipinski definition) is 1. The number of amides is 1. The number of aromatic nitrogens is 1. The van der Waals surface area contributed by atoms with E-state index in [1.807, 2.05) is 12.1 Å². The molecular weight excluding hydrogens is 306 g/mol. The highest BCUT2D eigenvalue weighted by Gasteiger charge is 2.26. The Morgan fingerprint density at radius 1 is 1.50 bits per heavy atom. The van der Waals surface area contributed by atoms with Crippen LogP contribution >= 0.6 is 11.6 Å². The summed E-state index contributed by atoms with van der Waals surface area (Å²) in [6.07, 6.45) is 2.23. The lowest BCUT2D eigenvalue weighted by Crippen LogP contribution is -2.37. The van der Waals surface area contributed by atoms with Crippen molar-refractivity contribution in [2.24, 2.45) is 0 Å². The molecule has 2 heterocycles. The van der Waals surface area contributed by atoms with Gasteiger partial charge in [0.25, 0.3) is 5.91 Å². The highest BCUT2D eigenvalue weighted by molar-refractivity contribution is 6.30. The molecule has 1 N–H and O–H groups in total. The molecule has 1 fully saturated rings. The number of carbonyl (C=O) groups is 1. The summed E-state index contributed by atoms with van der Waals surface area (Å²) in [5.41, 5.74) is 1.23. The first-order chi connectivity index (χ1) is 10.7. The molecule has 22 heavy (non-hydrogen) atoms. The van der Waals surface area contributed by atoms with Gasteiger partial charge in [-0.3, -0.25) is 4.79 Å². The van der Waals surface area contributed by atoms with Crippen LogP contribution in [0.25, 0.3) is 0 Å². The minimum absolute atomic E-state index is 0.0490. The van der Waals surface area contributed by atoms with Gasteiger partial charge in [0.1, 0.15) is 12.0 Å². The highest BCUT2D eigenvalue weighted by atomic mass is 35.5. The van der Waals surface area contributed by atoms with Gasteiger partial charge >= 0.3 is 0 Å². The van der Waals surface area contributed by atoms with Crippen LogP contribution in [0.2, 0.25) is 5.02 Å². The maximum atomic E-state index is 12.0. The maximum absolute atomic E-state index is 12.0. The third-order valence-electron chi connectivity index (χ3n) is 3.68. The summed E-state index contributed by atoms with van der Waals surface area (Å²) in [4.78, 5) is 14.1. The quantitative estimate of drug-likeness (QED) is 0.936. The van der Waals surface area contributed by atoms with Crippen LogP contribution in [-0.4, -0.2) is 37.3 Å². The number of rotatable bonds is 4.